The minimum absolute atomic E-state index is 0.0564. The second kappa shape index (κ2) is 9.45. The van der Waals surface area contributed by atoms with Crippen LogP contribution in [0.2, 0.25) is 5.02 Å². The quantitative estimate of drug-likeness (QED) is 0.532. The van der Waals surface area contributed by atoms with Gasteiger partial charge in [0.25, 0.3) is 0 Å². The maximum atomic E-state index is 14.7. The van der Waals surface area contributed by atoms with Crippen LogP contribution in [0.4, 0.5) is 4.39 Å². The maximum Gasteiger partial charge on any atom is 0.128 e. The highest BCUT2D eigenvalue weighted by Gasteiger charge is 2.46. The number of halogens is 2. The van der Waals surface area contributed by atoms with Crippen LogP contribution in [-0.2, 0) is 6.42 Å². The van der Waals surface area contributed by atoms with E-state index in [2.05, 4.69) is 23.4 Å². The van der Waals surface area contributed by atoms with Crippen LogP contribution in [0.1, 0.15) is 36.5 Å². The van der Waals surface area contributed by atoms with Gasteiger partial charge in [0, 0.05) is 61.6 Å². The van der Waals surface area contributed by atoms with Crippen molar-refractivity contribution in [1.29, 1.82) is 0 Å². The van der Waals surface area contributed by atoms with Crippen molar-refractivity contribution in [3.05, 3.63) is 70.9 Å². The van der Waals surface area contributed by atoms with Crippen molar-refractivity contribution in [2.45, 2.75) is 37.2 Å². The average Bonchev–Trinajstić information content (AvgIpc) is 3.25. The summed E-state index contributed by atoms with van der Waals surface area (Å²) in [5.74, 6) is 0.274. The molecule has 0 amide bonds. The van der Waals surface area contributed by atoms with E-state index in [0.717, 1.165) is 57.7 Å². The molecule has 3 unspecified atom stereocenters. The number of piperazine rings is 1. The van der Waals surface area contributed by atoms with E-state index in [1.54, 1.807) is 18.4 Å². The van der Waals surface area contributed by atoms with E-state index < -0.39 is 5.60 Å². The van der Waals surface area contributed by atoms with Gasteiger partial charge in [-0.2, -0.15) is 0 Å². The lowest BCUT2D eigenvalue weighted by Gasteiger charge is -2.42. The Morgan fingerprint density at radius 3 is 2.65 bits per heavy atom. The summed E-state index contributed by atoms with van der Waals surface area (Å²) < 4.78 is 20.4. The summed E-state index contributed by atoms with van der Waals surface area (Å²) in [6.07, 6.45) is 4.44. The van der Waals surface area contributed by atoms with Crippen LogP contribution < -0.4 is 0 Å². The molecule has 0 bridgehead atoms. The first-order valence-corrected chi connectivity index (χ1v) is 11.5. The zero-order valence-corrected chi connectivity index (χ0v) is 19.0. The Morgan fingerprint density at radius 1 is 1.19 bits per heavy atom. The number of hydrogen-bond acceptors (Lipinski definition) is 4. The standard InChI is InChI=1S/C25H32ClFN2O2/c1-18-20(24-10-5-15-31-24)7-3-6-19(17-29-13-11-28(2)12-14-29)25(18,30)16-21-22(26)8-4-9-23(21)27/h4-5,8-10,15,19-20,30H,1,3,6-7,11-14,16-17H2,2H3. The Balaban J connectivity index is 1.67. The Bertz CT molecular complexity index is 875. The van der Waals surface area contributed by atoms with Crippen LogP contribution in [-0.4, -0.2) is 60.3 Å². The second-order valence-corrected chi connectivity index (χ2v) is 9.53. The molecule has 1 aliphatic carbocycles. The molecule has 1 aliphatic heterocycles. The highest BCUT2D eigenvalue weighted by atomic mass is 35.5. The molecule has 168 valence electrons. The first-order chi connectivity index (χ1) is 14.9. The number of benzene rings is 1. The maximum absolute atomic E-state index is 14.7. The van der Waals surface area contributed by atoms with Gasteiger partial charge in [-0.25, -0.2) is 4.39 Å². The summed E-state index contributed by atoms with van der Waals surface area (Å²) in [4.78, 5) is 4.74. The van der Waals surface area contributed by atoms with Crippen LogP contribution in [0.25, 0.3) is 0 Å². The van der Waals surface area contributed by atoms with Crippen LogP contribution >= 0.6 is 11.6 Å². The molecular weight excluding hydrogens is 415 g/mol. The topological polar surface area (TPSA) is 39.9 Å². The summed E-state index contributed by atoms with van der Waals surface area (Å²) in [7, 11) is 2.13. The lowest BCUT2D eigenvalue weighted by Crippen LogP contribution is -2.51. The van der Waals surface area contributed by atoms with Crippen molar-refractivity contribution < 1.29 is 13.9 Å². The SMILES string of the molecule is C=C1C(c2ccco2)CCCC(CN2CCN(C)CC2)C1(O)Cc1c(F)cccc1Cl. The van der Waals surface area contributed by atoms with Crippen molar-refractivity contribution in [3.8, 4) is 0 Å². The minimum atomic E-state index is -1.27. The first kappa shape index (κ1) is 22.5. The molecule has 31 heavy (non-hydrogen) atoms. The lowest BCUT2D eigenvalue weighted by molar-refractivity contribution is -0.00895. The number of nitrogens with zero attached hydrogens (tertiary/aromatic N) is 2. The molecule has 6 heteroatoms. The number of rotatable bonds is 5. The molecule has 4 nitrogen and oxygen atoms in total. The van der Waals surface area contributed by atoms with E-state index >= 15 is 0 Å². The third-order valence-electron chi connectivity index (χ3n) is 7.17. The van der Waals surface area contributed by atoms with Gasteiger partial charge in [0.15, 0.2) is 0 Å². The predicted octanol–water partition coefficient (Wildman–Crippen LogP) is 4.73. The van der Waals surface area contributed by atoms with E-state index in [-0.39, 0.29) is 24.1 Å². The monoisotopic (exact) mass is 446 g/mol. The van der Waals surface area contributed by atoms with Gasteiger partial charge in [-0.3, -0.25) is 0 Å². The van der Waals surface area contributed by atoms with E-state index in [0.29, 0.717) is 16.2 Å². The Hall–Kier alpha value is -1.66. The Kier molecular flexibility index (Phi) is 6.87. The first-order valence-electron chi connectivity index (χ1n) is 11.2. The van der Waals surface area contributed by atoms with Gasteiger partial charge in [0.1, 0.15) is 11.6 Å². The highest BCUT2D eigenvalue weighted by molar-refractivity contribution is 6.31. The van der Waals surface area contributed by atoms with Crippen molar-refractivity contribution in [2.24, 2.45) is 5.92 Å². The molecule has 4 rings (SSSR count). The minimum Gasteiger partial charge on any atom is -0.469 e. The van der Waals surface area contributed by atoms with Gasteiger partial charge in [-0.15, -0.1) is 0 Å². The fourth-order valence-corrected chi connectivity index (χ4v) is 5.39. The summed E-state index contributed by atoms with van der Waals surface area (Å²) in [6.45, 7) is 9.11. The van der Waals surface area contributed by atoms with Gasteiger partial charge < -0.3 is 19.3 Å². The summed E-state index contributed by atoms with van der Waals surface area (Å²) in [6, 6.07) is 8.49. The molecule has 2 fully saturated rings. The third kappa shape index (κ3) is 4.75. The fourth-order valence-electron chi connectivity index (χ4n) is 5.16. The molecule has 1 saturated carbocycles. The zero-order chi connectivity index (χ0) is 22.0. The molecule has 2 heterocycles. The van der Waals surface area contributed by atoms with Crippen LogP contribution in [0.5, 0.6) is 0 Å². The Morgan fingerprint density at radius 2 is 1.97 bits per heavy atom. The molecule has 0 radical (unpaired) electrons. The summed E-state index contributed by atoms with van der Waals surface area (Å²) in [5, 5.41) is 12.6. The molecule has 3 atom stereocenters. The molecular formula is C25H32ClFN2O2. The molecule has 2 aromatic rings. The number of hydrogen-bond donors (Lipinski definition) is 1. The van der Waals surface area contributed by atoms with Crippen molar-refractivity contribution in [1.82, 2.24) is 9.80 Å². The summed E-state index contributed by atoms with van der Waals surface area (Å²) in [5.41, 5.74) is -0.210. The van der Waals surface area contributed by atoms with Gasteiger partial charge in [0.2, 0.25) is 0 Å². The molecule has 1 saturated heterocycles. The third-order valence-corrected chi connectivity index (χ3v) is 7.52. The fraction of sp³-hybridized carbons (Fsp3) is 0.520. The van der Waals surface area contributed by atoms with Crippen LogP contribution in [0.3, 0.4) is 0 Å². The van der Waals surface area contributed by atoms with E-state index in [9.17, 15) is 9.50 Å². The van der Waals surface area contributed by atoms with Crippen molar-refractivity contribution >= 4 is 11.6 Å². The van der Waals surface area contributed by atoms with Gasteiger partial charge >= 0.3 is 0 Å². The Labute approximate surface area is 189 Å². The van der Waals surface area contributed by atoms with Crippen LogP contribution in [0, 0.1) is 11.7 Å². The van der Waals surface area contributed by atoms with Gasteiger partial charge in [-0.1, -0.05) is 30.7 Å². The van der Waals surface area contributed by atoms with E-state index in [1.165, 1.54) is 6.07 Å². The highest BCUT2D eigenvalue weighted by Crippen LogP contribution is 2.46. The van der Waals surface area contributed by atoms with Gasteiger partial charge in [0.05, 0.1) is 11.9 Å². The number of aliphatic hydroxyl groups is 1. The molecule has 1 aromatic heterocycles. The van der Waals surface area contributed by atoms with Gasteiger partial charge in [-0.05, 0) is 49.7 Å². The second-order valence-electron chi connectivity index (χ2n) is 9.13. The predicted molar refractivity (Wildman–Crippen MR) is 122 cm³/mol. The van der Waals surface area contributed by atoms with E-state index in [4.69, 9.17) is 16.0 Å². The molecule has 1 aromatic carbocycles. The molecule has 0 spiro atoms. The zero-order valence-electron chi connectivity index (χ0n) is 18.2. The lowest BCUT2D eigenvalue weighted by atomic mass is 9.73. The smallest absolute Gasteiger partial charge is 0.128 e. The normalized spacial score (nSPS) is 28.6. The largest absolute Gasteiger partial charge is 0.469 e. The molecule has 2 aliphatic rings. The average molecular weight is 447 g/mol. The van der Waals surface area contributed by atoms with Crippen molar-refractivity contribution in [3.63, 3.8) is 0 Å². The number of furan rings is 1. The van der Waals surface area contributed by atoms with Crippen LogP contribution in [0.15, 0.2) is 53.2 Å². The summed E-state index contributed by atoms with van der Waals surface area (Å²) >= 11 is 6.38. The molecule has 1 N–H and O–H groups in total. The number of likely N-dealkylation sites (N-methyl/N-ethyl adjacent to an activating group) is 1. The van der Waals surface area contributed by atoms with E-state index in [1.807, 2.05) is 12.1 Å². The van der Waals surface area contributed by atoms with Crippen molar-refractivity contribution in [2.75, 3.05) is 39.8 Å².